The van der Waals surface area contributed by atoms with E-state index in [0.717, 1.165) is 11.4 Å². The number of nitrogens with zero attached hydrogens (tertiary/aromatic N) is 3. The average molecular weight is 234 g/mol. The number of aromatic nitrogens is 3. The first-order valence-electron chi connectivity index (χ1n) is 5.39. The van der Waals surface area contributed by atoms with Gasteiger partial charge >= 0.3 is 0 Å². The van der Waals surface area contributed by atoms with E-state index in [4.69, 9.17) is 9.26 Å². The molecule has 0 bridgehead atoms. The highest BCUT2D eigenvalue weighted by Gasteiger charge is 2.03. The van der Waals surface area contributed by atoms with Crippen LogP contribution in [0.25, 0.3) is 0 Å². The number of rotatable bonds is 5. The van der Waals surface area contributed by atoms with Gasteiger partial charge in [0.25, 0.3) is 0 Å². The molecule has 0 aliphatic carbocycles. The lowest BCUT2D eigenvalue weighted by Gasteiger charge is -2.07. The van der Waals surface area contributed by atoms with E-state index < -0.39 is 0 Å². The molecule has 1 N–H and O–H groups in total. The minimum Gasteiger partial charge on any atom is -0.478 e. The van der Waals surface area contributed by atoms with Crippen molar-refractivity contribution in [3.8, 4) is 5.88 Å². The Labute approximate surface area is 99.0 Å². The summed E-state index contributed by atoms with van der Waals surface area (Å²) in [7, 11) is 0. The molecular weight excluding hydrogens is 220 g/mol. The molecule has 2 heterocycles. The highest BCUT2D eigenvalue weighted by atomic mass is 16.5. The van der Waals surface area contributed by atoms with Crippen molar-refractivity contribution in [1.82, 2.24) is 15.1 Å². The first-order chi connectivity index (χ1) is 8.28. The quantitative estimate of drug-likeness (QED) is 0.850. The van der Waals surface area contributed by atoms with Crippen LogP contribution in [-0.4, -0.2) is 21.7 Å². The molecule has 0 saturated heterocycles. The van der Waals surface area contributed by atoms with E-state index in [0.29, 0.717) is 25.0 Å². The zero-order valence-corrected chi connectivity index (χ0v) is 9.80. The molecule has 0 spiro atoms. The van der Waals surface area contributed by atoms with Crippen molar-refractivity contribution in [2.45, 2.75) is 20.4 Å². The normalized spacial score (nSPS) is 10.2. The van der Waals surface area contributed by atoms with Crippen LogP contribution in [0.2, 0.25) is 0 Å². The first-order valence-corrected chi connectivity index (χ1v) is 5.39. The topological polar surface area (TPSA) is 73.1 Å². The summed E-state index contributed by atoms with van der Waals surface area (Å²) in [6.07, 6.45) is 1.53. The van der Waals surface area contributed by atoms with Gasteiger partial charge in [-0.05, 0) is 13.8 Å². The lowest BCUT2D eigenvalue weighted by atomic mass is 10.4. The third-order valence-electron chi connectivity index (χ3n) is 2.04. The first kappa shape index (κ1) is 11.4. The summed E-state index contributed by atoms with van der Waals surface area (Å²) in [5.41, 5.74) is 1.65. The third kappa shape index (κ3) is 3.17. The number of hydrogen-bond acceptors (Lipinski definition) is 6. The van der Waals surface area contributed by atoms with E-state index >= 15 is 0 Å². The summed E-state index contributed by atoms with van der Waals surface area (Å²) in [5, 5.41) is 6.85. The van der Waals surface area contributed by atoms with Gasteiger partial charge in [-0.2, -0.15) is 4.98 Å². The summed E-state index contributed by atoms with van der Waals surface area (Å²) in [6, 6.07) is 3.58. The van der Waals surface area contributed by atoms with Crippen molar-refractivity contribution in [2.24, 2.45) is 0 Å². The van der Waals surface area contributed by atoms with Crippen LogP contribution >= 0.6 is 0 Å². The molecule has 0 aromatic carbocycles. The van der Waals surface area contributed by atoms with E-state index in [9.17, 15) is 0 Å². The second-order valence-electron chi connectivity index (χ2n) is 3.45. The van der Waals surface area contributed by atoms with Gasteiger partial charge in [0.1, 0.15) is 12.0 Å². The van der Waals surface area contributed by atoms with Crippen LogP contribution in [0.1, 0.15) is 18.3 Å². The van der Waals surface area contributed by atoms with Gasteiger partial charge in [-0.1, -0.05) is 5.16 Å². The van der Waals surface area contributed by atoms with Gasteiger partial charge in [0.15, 0.2) is 0 Å². The van der Waals surface area contributed by atoms with Gasteiger partial charge in [0.2, 0.25) is 11.8 Å². The van der Waals surface area contributed by atoms with Crippen LogP contribution in [-0.2, 0) is 6.54 Å². The van der Waals surface area contributed by atoms with Crippen molar-refractivity contribution in [2.75, 3.05) is 11.9 Å². The van der Waals surface area contributed by atoms with E-state index in [2.05, 4.69) is 20.4 Å². The molecule has 90 valence electrons. The summed E-state index contributed by atoms with van der Waals surface area (Å²) in [6.45, 7) is 4.91. The fraction of sp³-hybridized carbons (Fsp3) is 0.364. The second kappa shape index (κ2) is 5.29. The Morgan fingerprint density at radius 1 is 1.41 bits per heavy atom. The lowest BCUT2D eigenvalue weighted by molar-refractivity contribution is 0.326. The second-order valence-corrected chi connectivity index (χ2v) is 3.45. The maximum absolute atomic E-state index is 5.34. The fourth-order valence-corrected chi connectivity index (χ4v) is 1.34. The Hall–Kier alpha value is -2.11. The highest BCUT2D eigenvalue weighted by molar-refractivity contribution is 5.31. The summed E-state index contributed by atoms with van der Waals surface area (Å²) in [5.74, 6) is 1.10. The molecule has 6 heteroatoms. The molecule has 0 aliphatic heterocycles. The molecule has 0 amide bonds. The van der Waals surface area contributed by atoms with Gasteiger partial charge in [-0.15, -0.1) is 0 Å². The van der Waals surface area contributed by atoms with Gasteiger partial charge in [0.05, 0.1) is 13.2 Å². The molecule has 0 atom stereocenters. The molecule has 0 fully saturated rings. The zero-order valence-electron chi connectivity index (χ0n) is 9.80. The van der Waals surface area contributed by atoms with Gasteiger partial charge in [0, 0.05) is 17.8 Å². The van der Waals surface area contributed by atoms with Crippen molar-refractivity contribution in [1.29, 1.82) is 0 Å². The van der Waals surface area contributed by atoms with Crippen LogP contribution in [0.4, 0.5) is 5.95 Å². The summed E-state index contributed by atoms with van der Waals surface area (Å²) >= 11 is 0. The molecule has 0 unspecified atom stereocenters. The summed E-state index contributed by atoms with van der Waals surface area (Å²) < 4.78 is 10.1. The lowest BCUT2D eigenvalue weighted by Crippen LogP contribution is -2.06. The van der Waals surface area contributed by atoms with Crippen LogP contribution in [0.5, 0.6) is 5.88 Å². The molecule has 2 rings (SSSR count). The molecule has 17 heavy (non-hydrogen) atoms. The largest absolute Gasteiger partial charge is 0.478 e. The molecule has 6 nitrogen and oxygen atoms in total. The molecule has 2 aromatic heterocycles. The standard InChI is InChI=1S/C11H14N4O2/c1-3-16-10-6-8(2)13-11(14-10)12-7-9-4-5-17-15-9/h4-6H,3,7H2,1-2H3,(H,12,13,14). The predicted molar refractivity (Wildman–Crippen MR) is 61.8 cm³/mol. The number of anilines is 1. The Kier molecular flexibility index (Phi) is 3.54. The van der Waals surface area contributed by atoms with Crippen molar-refractivity contribution < 1.29 is 9.26 Å². The Bertz CT molecular complexity index is 470. The maximum atomic E-state index is 5.34. The Balaban J connectivity index is 2.04. The smallest absolute Gasteiger partial charge is 0.226 e. The van der Waals surface area contributed by atoms with Crippen LogP contribution in [0.3, 0.4) is 0 Å². The number of hydrogen-bond donors (Lipinski definition) is 1. The maximum Gasteiger partial charge on any atom is 0.226 e. The minimum atomic E-state index is 0.519. The summed E-state index contributed by atoms with van der Waals surface area (Å²) in [4.78, 5) is 8.47. The van der Waals surface area contributed by atoms with E-state index in [1.165, 1.54) is 6.26 Å². The molecule has 0 radical (unpaired) electrons. The van der Waals surface area contributed by atoms with E-state index in [1.54, 1.807) is 12.1 Å². The average Bonchev–Trinajstić information content (AvgIpc) is 2.79. The van der Waals surface area contributed by atoms with E-state index in [1.807, 2.05) is 13.8 Å². The third-order valence-corrected chi connectivity index (χ3v) is 2.04. The molecule has 0 saturated carbocycles. The van der Waals surface area contributed by atoms with Gasteiger partial charge in [-0.3, -0.25) is 0 Å². The fourth-order valence-electron chi connectivity index (χ4n) is 1.34. The Morgan fingerprint density at radius 3 is 3.00 bits per heavy atom. The van der Waals surface area contributed by atoms with Gasteiger partial charge < -0.3 is 14.6 Å². The Morgan fingerprint density at radius 2 is 2.29 bits per heavy atom. The monoisotopic (exact) mass is 234 g/mol. The van der Waals surface area contributed by atoms with Crippen LogP contribution < -0.4 is 10.1 Å². The number of nitrogens with one attached hydrogen (secondary N) is 1. The molecule has 2 aromatic rings. The number of aryl methyl sites for hydroxylation is 1. The van der Waals surface area contributed by atoms with Crippen molar-refractivity contribution >= 4 is 5.95 Å². The van der Waals surface area contributed by atoms with Crippen molar-refractivity contribution in [3.63, 3.8) is 0 Å². The zero-order chi connectivity index (χ0) is 12.1. The highest BCUT2D eigenvalue weighted by Crippen LogP contribution is 2.12. The van der Waals surface area contributed by atoms with Gasteiger partial charge in [-0.25, -0.2) is 4.98 Å². The SMILES string of the molecule is CCOc1cc(C)nc(NCc2ccon2)n1. The minimum absolute atomic E-state index is 0.519. The number of ether oxygens (including phenoxy) is 1. The van der Waals surface area contributed by atoms with Crippen LogP contribution in [0.15, 0.2) is 22.9 Å². The molecule has 0 aliphatic rings. The van der Waals surface area contributed by atoms with Crippen LogP contribution in [0, 0.1) is 6.92 Å². The predicted octanol–water partition coefficient (Wildman–Crippen LogP) is 1.78. The van der Waals surface area contributed by atoms with E-state index in [-0.39, 0.29) is 0 Å². The van der Waals surface area contributed by atoms with Crippen molar-refractivity contribution in [3.05, 3.63) is 29.8 Å². The molecular formula is C11H14N4O2.